The first-order valence-corrected chi connectivity index (χ1v) is 26.6. The van der Waals surface area contributed by atoms with E-state index in [9.17, 15) is 0 Å². The molecule has 0 N–H and O–H groups in total. The highest BCUT2D eigenvalue weighted by Gasteiger charge is 2.38. The normalized spacial score (nSPS) is 13.1. The summed E-state index contributed by atoms with van der Waals surface area (Å²) in [4.78, 5) is 18.4. The molecule has 5 nitrogen and oxygen atoms in total. The van der Waals surface area contributed by atoms with Gasteiger partial charge in [-0.05, 0) is 123 Å². The van der Waals surface area contributed by atoms with Gasteiger partial charge in [0.25, 0.3) is 0 Å². The summed E-state index contributed by atoms with van der Waals surface area (Å²) in [7, 11) is 0. The highest BCUT2D eigenvalue weighted by Crippen LogP contribution is 2.54. The monoisotopic (exact) mass is 988 g/mol. The van der Waals surface area contributed by atoms with Crippen LogP contribution in [-0.4, -0.2) is 15.0 Å². The Hall–Kier alpha value is -9.71. The molecular weight excluding hydrogens is 937 g/mol. The molecule has 2 aliphatic carbocycles. The van der Waals surface area contributed by atoms with Crippen LogP contribution in [0, 0.1) is 0 Å². The highest BCUT2D eigenvalue weighted by molar-refractivity contribution is 5.98. The molecule has 0 bridgehead atoms. The number of nitrogens with zero attached hydrogens (tertiary/aromatic N) is 4. The van der Waals surface area contributed by atoms with Crippen LogP contribution in [0.3, 0.4) is 0 Å². The van der Waals surface area contributed by atoms with Crippen LogP contribution in [0.1, 0.15) is 43.6 Å². The van der Waals surface area contributed by atoms with Crippen LogP contribution in [0.15, 0.2) is 253 Å². The van der Waals surface area contributed by atoms with Gasteiger partial charge in [0.1, 0.15) is 11.0 Å². The Morgan fingerprint density at radius 2 is 0.922 bits per heavy atom. The average molecular weight is 989 g/mol. The fraction of sp³-hybridized carbons (Fsp3) is 0.0694. The molecule has 0 saturated heterocycles. The van der Waals surface area contributed by atoms with E-state index in [0.29, 0.717) is 17.5 Å². The fourth-order valence-electron chi connectivity index (χ4n) is 11.8. The molecular formula is C72H52N4O. The van der Waals surface area contributed by atoms with Gasteiger partial charge in [0, 0.05) is 55.2 Å². The molecule has 14 rings (SSSR count). The number of para-hydroxylation sites is 1. The number of benzene rings is 10. The molecule has 5 heteroatoms. The number of fused-ring (bicyclic) bond motifs is 6. The maximum absolute atomic E-state index is 7.07. The second-order valence-electron chi connectivity index (χ2n) is 20.6. The first-order valence-electron chi connectivity index (χ1n) is 26.6. The molecule has 0 atom stereocenters. The van der Waals surface area contributed by atoms with Gasteiger partial charge in [0.2, 0.25) is 0 Å². The number of hydrogen-bond acceptors (Lipinski definition) is 5. The lowest BCUT2D eigenvalue weighted by Gasteiger charge is -2.29. The lowest BCUT2D eigenvalue weighted by molar-refractivity contribution is 0.572. The number of aromatic nitrogens is 3. The van der Waals surface area contributed by atoms with E-state index in [-0.39, 0.29) is 5.41 Å². The molecule has 0 amide bonds. The molecule has 0 fully saturated rings. The van der Waals surface area contributed by atoms with E-state index in [1.807, 2.05) is 18.2 Å². The maximum atomic E-state index is 7.07. The largest absolute Gasteiger partial charge is 0.456 e. The predicted octanol–water partition coefficient (Wildman–Crippen LogP) is 17.2. The first-order chi connectivity index (χ1) is 37.9. The Morgan fingerprint density at radius 3 is 1.61 bits per heavy atom. The maximum Gasteiger partial charge on any atom is 0.164 e. The van der Waals surface area contributed by atoms with Crippen molar-refractivity contribution >= 4 is 39.7 Å². The molecule has 2 aromatic heterocycles. The third-order valence-corrected chi connectivity index (χ3v) is 15.6. The van der Waals surface area contributed by atoms with Crippen LogP contribution >= 0.6 is 0 Å². The van der Waals surface area contributed by atoms with Crippen LogP contribution in [0.2, 0.25) is 0 Å². The molecule has 77 heavy (non-hydrogen) atoms. The van der Waals surface area contributed by atoms with Crippen LogP contribution in [-0.2, 0) is 5.41 Å². The van der Waals surface area contributed by atoms with Crippen molar-refractivity contribution in [2.75, 3.05) is 4.90 Å². The lowest BCUT2D eigenvalue weighted by Crippen LogP contribution is -2.27. The first kappa shape index (κ1) is 45.9. The van der Waals surface area contributed by atoms with Crippen LogP contribution in [0.25, 0.3) is 101 Å². The van der Waals surface area contributed by atoms with Crippen molar-refractivity contribution < 1.29 is 4.42 Å². The summed E-state index contributed by atoms with van der Waals surface area (Å²) in [6.07, 6.45) is 3.76. The van der Waals surface area contributed by atoms with Gasteiger partial charge in [-0.1, -0.05) is 214 Å². The van der Waals surface area contributed by atoms with Gasteiger partial charge in [0.15, 0.2) is 17.5 Å². The Morgan fingerprint density at radius 1 is 0.403 bits per heavy atom. The summed E-state index contributed by atoms with van der Waals surface area (Å²) < 4.78 is 7.07. The van der Waals surface area contributed by atoms with Crippen LogP contribution in [0.4, 0.5) is 17.1 Å². The summed E-state index contributed by atoms with van der Waals surface area (Å²) in [5.41, 5.74) is 21.8. The van der Waals surface area contributed by atoms with Crippen molar-refractivity contribution in [2.24, 2.45) is 0 Å². The molecule has 366 valence electrons. The minimum absolute atomic E-state index is 0.154. The summed E-state index contributed by atoms with van der Waals surface area (Å²) in [5.74, 6) is 1.90. The number of rotatable bonds is 10. The van der Waals surface area contributed by atoms with Crippen LogP contribution < -0.4 is 15.5 Å². The van der Waals surface area contributed by atoms with Gasteiger partial charge in [-0.25, -0.2) is 15.0 Å². The number of furan rings is 1. The second-order valence-corrected chi connectivity index (χ2v) is 20.6. The van der Waals surface area contributed by atoms with Gasteiger partial charge in [0.05, 0.1) is 5.69 Å². The molecule has 2 aliphatic rings. The van der Waals surface area contributed by atoms with Crippen molar-refractivity contribution in [3.05, 3.63) is 276 Å². The van der Waals surface area contributed by atoms with Crippen molar-refractivity contribution in [3.8, 4) is 78.4 Å². The summed E-state index contributed by atoms with van der Waals surface area (Å²) in [5, 5.41) is 2.06. The molecule has 0 saturated carbocycles. The lowest BCUT2D eigenvalue weighted by atomic mass is 9.82. The van der Waals surface area contributed by atoms with E-state index in [1.54, 1.807) is 0 Å². The van der Waals surface area contributed by atoms with Gasteiger partial charge in [-0.3, -0.25) is 0 Å². The molecule has 2 heterocycles. The zero-order chi connectivity index (χ0) is 51.5. The highest BCUT2D eigenvalue weighted by atomic mass is 16.3. The third kappa shape index (κ3) is 8.16. The van der Waals surface area contributed by atoms with E-state index in [1.165, 1.54) is 33.4 Å². The second kappa shape index (κ2) is 18.9. The molecule has 0 spiro atoms. The molecule has 0 radical (unpaired) electrons. The molecule has 0 unspecified atom stereocenters. The fourth-order valence-corrected chi connectivity index (χ4v) is 11.8. The van der Waals surface area contributed by atoms with Crippen molar-refractivity contribution in [3.63, 3.8) is 0 Å². The third-order valence-electron chi connectivity index (χ3n) is 15.6. The minimum Gasteiger partial charge on any atom is -0.456 e. The zero-order valence-electron chi connectivity index (χ0n) is 42.9. The Kier molecular flexibility index (Phi) is 11.3. The van der Waals surface area contributed by atoms with E-state index in [0.717, 1.165) is 102 Å². The van der Waals surface area contributed by atoms with Gasteiger partial charge in [-0.15, -0.1) is 0 Å². The quantitative estimate of drug-likeness (QED) is 0.137. The average Bonchev–Trinajstić information content (AvgIpc) is 4.16. The Labute approximate surface area is 448 Å². The minimum atomic E-state index is -0.154. The Bertz CT molecular complexity index is 4280. The number of anilines is 3. The standard InChI is InChI=1S/C72H52N4O/c1-72(2)62-35-16-15-31-59(62)67-63(72)36-20-37-64(67)76(56-41-39-50(40-42-56)47-21-7-3-8-22-47)57-30-17-29-52(46-57)58-32-18-33-60-66-61(34-19-38-65(66)77-68(58)60)71-74-69(51-27-13-6-14-28-51)73-70(75-71)55-44-53(48-23-9-4-10-24-48)43-54(45-55)49-25-11-5-12-26-49/h3-18,20-33,35-46H,19,34H2,1-2H3. The van der Waals surface area contributed by atoms with Crippen LogP contribution in [0.5, 0.6) is 0 Å². The van der Waals surface area contributed by atoms with E-state index < -0.39 is 0 Å². The van der Waals surface area contributed by atoms with E-state index >= 15 is 0 Å². The topological polar surface area (TPSA) is 55.1 Å². The predicted molar refractivity (Wildman–Crippen MR) is 316 cm³/mol. The van der Waals surface area contributed by atoms with E-state index in [2.05, 4.69) is 255 Å². The van der Waals surface area contributed by atoms with Crippen molar-refractivity contribution in [1.29, 1.82) is 0 Å². The van der Waals surface area contributed by atoms with E-state index in [4.69, 9.17) is 19.4 Å². The molecule has 0 aliphatic heterocycles. The zero-order valence-corrected chi connectivity index (χ0v) is 42.9. The number of hydrogen-bond donors (Lipinski definition) is 0. The molecule has 10 aromatic carbocycles. The van der Waals surface area contributed by atoms with Gasteiger partial charge >= 0.3 is 0 Å². The smallest absolute Gasteiger partial charge is 0.164 e. The Balaban J connectivity index is 0.931. The SMILES string of the molecule is CC1(C)c2ccccc2-c2c(N(c3ccc(-c4ccccc4)cc3)c3cccc(-c4cccc5c6c(oc45)=CCCC=6c4nc(-c5ccccc5)nc(-c5cc(-c6ccccc6)cc(-c6ccccc6)c5)n4)c3)cccc21. The van der Waals surface area contributed by atoms with Crippen molar-refractivity contribution in [2.45, 2.75) is 32.1 Å². The summed E-state index contributed by atoms with van der Waals surface area (Å²) in [6.45, 7) is 4.69. The van der Waals surface area contributed by atoms with Gasteiger partial charge < -0.3 is 9.32 Å². The van der Waals surface area contributed by atoms with Crippen molar-refractivity contribution in [1.82, 2.24) is 15.0 Å². The summed E-state index contributed by atoms with van der Waals surface area (Å²) in [6, 6.07) is 88.7. The van der Waals surface area contributed by atoms with Gasteiger partial charge in [-0.2, -0.15) is 0 Å². The molecule has 12 aromatic rings. The summed E-state index contributed by atoms with van der Waals surface area (Å²) >= 11 is 0.